The van der Waals surface area contributed by atoms with Gasteiger partial charge in [0.25, 0.3) is 0 Å². The molecule has 2 aromatic heterocycles. The van der Waals surface area contributed by atoms with Crippen LogP contribution >= 0.6 is 11.8 Å². The molecule has 2 heterocycles. The minimum atomic E-state index is -1.32. The molecule has 14 heteroatoms. The number of thioether (sulfide) groups is 1. The van der Waals surface area contributed by atoms with Crippen LogP contribution in [0.5, 0.6) is 5.75 Å². The van der Waals surface area contributed by atoms with Crippen LogP contribution in [0.4, 0.5) is 0 Å². The molecule has 45 heavy (non-hydrogen) atoms. The molecule has 238 valence electrons. The van der Waals surface area contributed by atoms with Gasteiger partial charge in [-0.2, -0.15) is 11.8 Å². The lowest BCUT2D eigenvalue weighted by atomic mass is 10.0. The van der Waals surface area contributed by atoms with Gasteiger partial charge in [-0.05, 0) is 47.8 Å². The van der Waals surface area contributed by atoms with Crippen molar-refractivity contribution in [1.82, 2.24) is 30.9 Å². The average Bonchev–Trinajstić information content (AvgIpc) is 3.69. The Hall–Kier alpha value is -4.82. The number of aromatic hydroxyl groups is 1. The number of carbonyl (C=O) groups excluding carboxylic acids is 3. The molecule has 0 aliphatic carbocycles. The molecule has 4 rings (SSSR count). The number of amides is 3. The number of nitrogens with one attached hydrogen (secondary N) is 5. The lowest BCUT2D eigenvalue weighted by Gasteiger charge is -2.25. The van der Waals surface area contributed by atoms with E-state index in [1.807, 2.05) is 30.5 Å². The Morgan fingerprint density at radius 3 is 2.22 bits per heavy atom. The van der Waals surface area contributed by atoms with E-state index in [0.717, 1.165) is 16.5 Å². The number of carboxylic acid groups (broad SMARTS) is 1. The monoisotopic (exact) mass is 635 g/mol. The number of fused-ring (bicyclic) bond motifs is 1. The second-order valence-electron chi connectivity index (χ2n) is 10.6. The zero-order valence-electron chi connectivity index (χ0n) is 24.7. The van der Waals surface area contributed by atoms with Crippen LogP contribution in [-0.4, -0.2) is 85.0 Å². The predicted octanol–water partition coefficient (Wildman–Crippen LogP) is 1.24. The summed E-state index contributed by atoms with van der Waals surface area (Å²) in [5.74, 6) is -2.46. The maximum absolute atomic E-state index is 13.8. The molecule has 0 fully saturated rings. The van der Waals surface area contributed by atoms with E-state index in [0.29, 0.717) is 23.4 Å². The average molecular weight is 636 g/mol. The summed E-state index contributed by atoms with van der Waals surface area (Å²) < 4.78 is 0. The minimum Gasteiger partial charge on any atom is -0.508 e. The molecule has 4 unspecified atom stereocenters. The lowest BCUT2D eigenvalue weighted by molar-refractivity contribution is -0.142. The molecule has 2 aromatic carbocycles. The van der Waals surface area contributed by atoms with E-state index in [4.69, 9.17) is 5.73 Å². The van der Waals surface area contributed by atoms with E-state index in [1.54, 1.807) is 30.1 Å². The van der Waals surface area contributed by atoms with Crippen molar-refractivity contribution >= 4 is 46.4 Å². The highest BCUT2D eigenvalue weighted by atomic mass is 32.2. The number of phenols is 1. The van der Waals surface area contributed by atoms with Crippen LogP contribution in [0, 0.1) is 0 Å². The zero-order chi connectivity index (χ0) is 32.3. The Morgan fingerprint density at radius 1 is 0.889 bits per heavy atom. The minimum absolute atomic E-state index is 0.0261. The Balaban J connectivity index is 1.58. The van der Waals surface area contributed by atoms with Gasteiger partial charge in [-0.3, -0.25) is 14.4 Å². The van der Waals surface area contributed by atoms with Crippen LogP contribution in [0.2, 0.25) is 0 Å². The highest BCUT2D eigenvalue weighted by molar-refractivity contribution is 7.98. The normalized spacial score (nSPS) is 13.8. The first-order chi connectivity index (χ1) is 21.6. The summed E-state index contributed by atoms with van der Waals surface area (Å²) >= 11 is 1.55. The highest BCUT2D eigenvalue weighted by Gasteiger charge is 2.31. The Labute approximate surface area is 263 Å². The summed E-state index contributed by atoms with van der Waals surface area (Å²) in [4.78, 5) is 62.6. The third-order valence-corrected chi connectivity index (χ3v) is 7.95. The number of hydrogen-bond donors (Lipinski definition) is 8. The van der Waals surface area contributed by atoms with E-state index in [1.165, 1.54) is 24.7 Å². The maximum Gasteiger partial charge on any atom is 0.326 e. The van der Waals surface area contributed by atoms with E-state index in [-0.39, 0.29) is 25.0 Å². The van der Waals surface area contributed by atoms with Crippen molar-refractivity contribution in [2.45, 2.75) is 49.9 Å². The molecule has 0 aliphatic heterocycles. The van der Waals surface area contributed by atoms with Crippen molar-refractivity contribution in [3.05, 3.63) is 84.1 Å². The second-order valence-corrected chi connectivity index (χ2v) is 11.6. The summed E-state index contributed by atoms with van der Waals surface area (Å²) in [5.41, 5.74) is 8.77. The number of imidazole rings is 1. The fraction of sp³-hybridized carbons (Fsp3) is 0.323. The number of phenolic OH excluding ortho intramolecular Hbond substituents is 1. The summed E-state index contributed by atoms with van der Waals surface area (Å²) in [6, 6.07) is 8.98. The van der Waals surface area contributed by atoms with Gasteiger partial charge >= 0.3 is 5.97 Å². The van der Waals surface area contributed by atoms with Gasteiger partial charge in [-0.25, -0.2) is 9.78 Å². The fourth-order valence-corrected chi connectivity index (χ4v) is 5.31. The molecule has 0 saturated heterocycles. The number of para-hydroxylation sites is 1. The number of nitrogens with zero attached hydrogens (tertiary/aromatic N) is 1. The molecular weight excluding hydrogens is 598 g/mol. The van der Waals surface area contributed by atoms with Gasteiger partial charge < -0.3 is 41.9 Å². The molecular formula is C31H37N7O6S. The number of rotatable bonds is 16. The van der Waals surface area contributed by atoms with Gasteiger partial charge in [-0.1, -0.05) is 30.3 Å². The Morgan fingerprint density at radius 2 is 1.56 bits per heavy atom. The van der Waals surface area contributed by atoms with Crippen LogP contribution in [0.25, 0.3) is 10.9 Å². The largest absolute Gasteiger partial charge is 0.508 e. The van der Waals surface area contributed by atoms with Crippen molar-refractivity contribution in [3.63, 3.8) is 0 Å². The van der Waals surface area contributed by atoms with Gasteiger partial charge in [0.05, 0.1) is 12.4 Å². The Bertz CT molecular complexity index is 1590. The van der Waals surface area contributed by atoms with E-state index in [2.05, 4.69) is 30.9 Å². The van der Waals surface area contributed by atoms with Crippen molar-refractivity contribution < 1.29 is 29.4 Å². The van der Waals surface area contributed by atoms with Gasteiger partial charge in [0.2, 0.25) is 17.7 Å². The van der Waals surface area contributed by atoms with Crippen molar-refractivity contribution in [2.75, 3.05) is 12.0 Å². The van der Waals surface area contributed by atoms with Crippen LogP contribution in [-0.2, 0) is 38.4 Å². The molecule has 0 aliphatic rings. The van der Waals surface area contributed by atoms with E-state index in [9.17, 15) is 29.4 Å². The molecule has 9 N–H and O–H groups in total. The van der Waals surface area contributed by atoms with Crippen molar-refractivity contribution in [2.24, 2.45) is 5.73 Å². The maximum atomic E-state index is 13.8. The molecule has 0 radical (unpaired) electrons. The third kappa shape index (κ3) is 9.33. The molecule has 13 nitrogen and oxygen atoms in total. The SMILES string of the molecule is CSCCC(N)C(=O)NC(Cc1cnc[nH]1)C(=O)NC(Cc1c[nH]c2ccccc12)C(=O)NC(Cc1ccc(O)cc1)C(=O)O. The van der Waals surface area contributed by atoms with Gasteiger partial charge in [0.15, 0.2) is 0 Å². The van der Waals surface area contributed by atoms with Crippen LogP contribution in [0.1, 0.15) is 23.2 Å². The summed E-state index contributed by atoms with van der Waals surface area (Å²) in [5, 5.41) is 28.4. The number of H-pyrrole nitrogens is 2. The number of aromatic amines is 2. The van der Waals surface area contributed by atoms with Crippen molar-refractivity contribution in [3.8, 4) is 5.75 Å². The first-order valence-corrected chi connectivity index (χ1v) is 15.7. The molecule has 0 saturated carbocycles. The molecule has 4 aromatic rings. The molecule has 0 spiro atoms. The second kappa shape index (κ2) is 15.8. The van der Waals surface area contributed by atoms with Crippen LogP contribution in [0.3, 0.4) is 0 Å². The van der Waals surface area contributed by atoms with Gasteiger partial charge in [-0.15, -0.1) is 0 Å². The highest BCUT2D eigenvalue weighted by Crippen LogP contribution is 2.20. The number of aromatic nitrogens is 3. The third-order valence-electron chi connectivity index (χ3n) is 7.30. The number of carboxylic acids is 1. The molecule has 3 amide bonds. The standard InChI is InChI=1S/C31H37N7O6S/c1-45-11-10-23(32)28(40)36-26(14-20-16-33-17-35-20)30(42)37-25(13-19-15-34-24-5-3-2-4-22(19)24)29(41)38-27(31(43)44)12-18-6-8-21(39)9-7-18/h2-9,15-17,23,25-27,34,39H,10-14,32H2,1H3,(H,33,35)(H,36,40)(H,37,42)(H,38,41)(H,43,44). The number of aliphatic carboxylic acids is 1. The molecule has 0 bridgehead atoms. The fourth-order valence-electron chi connectivity index (χ4n) is 4.82. The Kier molecular flexibility index (Phi) is 11.6. The zero-order valence-corrected chi connectivity index (χ0v) is 25.5. The number of benzene rings is 2. The topological polar surface area (TPSA) is 215 Å². The van der Waals surface area contributed by atoms with E-state index >= 15 is 0 Å². The van der Waals surface area contributed by atoms with E-state index < -0.39 is 47.9 Å². The van der Waals surface area contributed by atoms with Gasteiger partial charge in [0.1, 0.15) is 23.9 Å². The number of hydrogen-bond acceptors (Lipinski definition) is 8. The van der Waals surface area contributed by atoms with Crippen LogP contribution in [0.15, 0.2) is 67.3 Å². The lowest BCUT2D eigenvalue weighted by Crippen LogP contribution is -2.58. The van der Waals surface area contributed by atoms with Crippen molar-refractivity contribution in [1.29, 1.82) is 0 Å². The van der Waals surface area contributed by atoms with Gasteiger partial charge in [0, 0.05) is 48.3 Å². The summed E-state index contributed by atoms with van der Waals surface area (Å²) in [6.07, 6.45) is 7.04. The first kappa shape index (κ1) is 33.1. The summed E-state index contributed by atoms with van der Waals surface area (Å²) in [7, 11) is 0. The van der Waals surface area contributed by atoms with Crippen LogP contribution < -0.4 is 21.7 Å². The number of carbonyl (C=O) groups is 4. The first-order valence-electron chi connectivity index (χ1n) is 14.3. The predicted molar refractivity (Wildman–Crippen MR) is 171 cm³/mol. The summed E-state index contributed by atoms with van der Waals surface area (Å²) in [6.45, 7) is 0. The number of nitrogens with two attached hydrogens (primary N) is 1. The smallest absolute Gasteiger partial charge is 0.326 e. The quantitative estimate of drug-likeness (QED) is 0.0888. The molecule has 4 atom stereocenters.